The van der Waals surface area contributed by atoms with E-state index < -0.39 is 0 Å². The minimum Gasteiger partial charge on any atom is -0.493 e. The van der Waals surface area contributed by atoms with E-state index in [-0.39, 0.29) is 41.6 Å². The van der Waals surface area contributed by atoms with Crippen molar-refractivity contribution in [3.05, 3.63) is 34.3 Å². The third-order valence-corrected chi connectivity index (χ3v) is 6.50. The molecule has 1 aromatic rings. The Morgan fingerprint density at radius 3 is 2.46 bits per heavy atom. The quantitative estimate of drug-likeness (QED) is 0.378. The van der Waals surface area contributed by atoms with Gasteiger partial charge in [-0.3, -0.25) is 9.59 Å². The van der Waals surface area contributed by atoms with Gasteiger partial charge in [0.1, 0.15) is 0 Å². The summed E-state index contributed by atoms with van der Waals surface area (Å²) in [5, 5.41) is 5.27. The highest BCUT2D eigenvalue weighted by atomic mass is 79.9. The second-order valence-electron chi connectivity index (χ2n) is 7.60. The fraction of sp³-hybridized carbons (Fsp3) is 0.476. The number of allylic oxidation sites excluding steroid dienone is 2. The molecule has 1 aliphatic heterocycles. The Kier molecular flexibility index (Phi) is 5.04. The SMILES string of the molecule is CCC(C)Oc1c(Br)cc(C=NN2C(=O)C3C4C=CC(C4)C3C2=O)cc1OC. The molecule has 1 saturated carbocycles. The molecule has 5 unspecified atom stereocenters. The largest absolute Gasteiger partial charge is 0.493 e. The number of imide groups is 1. The van der Waals surface area contributed by atoms with Crippen molar-refractivity contribution < 1.29 is 19.1 Å². The van der Waals surface area contributed by atoms with Gasteiger partial charge in [-0.25, -0.2) is 0 Å². The van der Waals surface area contributed by atoms with Crippen LogP contribution in [0.25, 0.3) is 0 Å². The van der Waals surface area contributed by atoms with Gasteiger partial charge in [0.15, 0.2) is 11.5 Å². The lowest BCUT2D eigenvalue weighted by atomic mass is 9.85. The zero-order valence-electron chi connectivity index (χ0n) is 16.1. The van der Waals surface area contributed by atoms with E-state index in [4.69, 9.17) is 9.47 Å². The summed E-state index contributed by atoms with van der Waals surface area (Å²) in [4.78, 5) is 25.4. The number of amides is 2. The van der Waals surface area contributed by atoms with E-state index in [1.165, 1.54) is 6.21 Å². The first kappa shape index (κ1) is 19.2. The molecule has 1 heterocycles. The minimum atomic E-state index is -0.243. The second-order valence-corrected chi connectivity index (χ2v) is 8.46. The summed E-state index contributed by atoms with van der Waals surface area (Å²) >= 11 is 3.51. The molecule has 148 valence electrons. The zero-order valence-corrected chi connectivity index (χ0v) is 17.7. The van der Waals surface area contributed by atoms with Gasteiger partial charge in [0.05, 0.1) is 35.7 Å². The Labute approximate surface area is 172 Å². The molecular formula is C21H23BrN2O4. The van der Waals surface area contributed by atoms with Gasteiger partial charge in [0.2, 0.25) is 0 Å². The number of methoxy groups -OCH3 is 1. The molecule has 28 heavy (non-hydrogen) atoms. The number of halogens is 1. The topological polar surface area (TPSA) is 68.2 Å². The van der Waals surface area contributed by atoms with Crippen LogP contribution >= 0.6 is 15.9 Å². The van der Waals surface area contributed by atoms with E-state index in [0.29, 0.717) is 17.1 Å². The number of hydrazone groups is 1. The number of benzene rings is 1. The summed E-state index contributed by atoms with van der Waals surface area (Å²) in [6, 6.07) is 3.61. The lowest BCUT2D eigenvalue weighted by molar-refractivity contribution is -0.140. The van der Waals surface area contributed by atoms with Crippen molar-refractivity contribution in [3.8, 4) is 11.5 Å². The normalized spacial score (nSPS) is 29.1. The molecular weight excluding hydrogens is 424 g/mol. The predicted molar refractivity (Wildman–Crippen MR) is 108 cm³/mol. The van der Waals surface area contributed by atoms with E-state index in [1.807, 2.05) is 19.9 Å². The van der Waals surface area contributed by atoms with Crippen molar-refractivity contribution in [1.82, 2.24) is 5.01 Å². The Balaban J connectivity index is 1.56. The van der Waals surface area contributed by atoms with Crippen LogP contribution in [0.1, 0.15) is 32.3 Å². The number of ether oxygens (including phenoxy) is 2. The standard InChI is InChI=1S/C21H23BrN2O4/c1-4-11(2)28-19-15(22)7-12(8-16(19)27-3)10-23-24-20(25)17-13-5-6-14(9-13)18(17)21(24)26/h5-8,10-11,13-14,17-18H,4,9H2,1-3H3. The highest BCUT2D eigenvalue weighted by molar-refractivity contribution is 9.10. The van der Waals surface area contributed by atoms with Crippen LogP contribution in [0.5, 0.6) is 11.5 Å². The van der Waals surface area contributed by atoms with Crippen LogP contribution in [-0.2, 0) is 9.59 Å². The zero-order chi connectivity index (χ0) is 20.0. The van der Waals surface area contributed by atoms with Crippen LogP contribution < -0.4 is 9.47 Å². The van der Waals surface area contributed by atoms with Crippen molar-refractivity contribution >= 4 is 34.0 Å². The van der Waals surface area contributed by atoms with Crippen LogP contribution in [0.15, 0.2) is 33.9 Å². The number of carbonyl (C=O) groups excluding carboxylic acids is 2. The number of nitrogens with zero attached hydrogens (tertiary/aromatic N) is 2. The van der Waals surface area contributed by atoms with E-state index >= 15 is 0 Å². The number of hydrogen-bond donors (Lipinski definition) is 0. The lowest BCUT2D eigenvalue weighted by Gasteiger charge is -2.17. The average Bonchev–Trinajstić information content (AvgIpc) is 3.36. The van der Waals surface area contributed by atoms with E-state index in [9.17, 15) is 9.59 Å². The van der Waals surface area contributed by atoms with Gasteiger partial charge in [0, 0.05) is 0 Å². The first-order chi connectivity index (χ1) is 13.4. The molecule has 4 rings (SSSR count). The summed E-state index contributed by atoms with van der Waals surface area (Å²) in [6.45, 7) is 4.04. The highest BCUT2D eigenvalue weighted by Gasteiger charge is 2.59. The number of carbonyl (C=O) groups is 2. The third-order valence-electron chi connectivity index (χ3n) is 5.92. The van der Waals surface area contributed by atoms with Gasteiger partial charge in [-0.2, -0.15) is 10.1 Å². The van der Waals surface area contributed by atoms with Crippen LogP contribution in [0.2, 0.25) is 0 Å². The van der Waals surface area contributed by atoms with E-state index in [2.05, 4.69) is 33.2 Å². The molecule has 7 heteroatoms. The molecule has 0 aromatic heterocycles. The Bertz CT molecular complexity index is 851. The van der Waals surface area contributed by atoms with Crippen LogP contribution in [0, 0.1) is 23.7 Å². The molecule has 3 aliphatic rings. The minimum absolute atomic E-state index is 0.0490. The molecule has 5 atom stereocenters. The molecule has 2 fully saturated rings. The summed E-state index contributed by atoms with van der Waals surface area (Å²) in [6.07, 6.45) is 7.49. The van der Waals surface area contributed by atoms with Crippen molar-refractivity contribution in [3.63, 3.8) is 0 Å². The van der Waals surface area contributed by atoms with Gasteiger partial charge in [-0.1, -0.05) is 19.1 Å². The monoisotopic (exact) mass is 446 g/mol. The van der Waals surface area contributed by atoms with Crippen LogP contribution in [0.4, 0.5) is 0 Å². The fourth-order valence-electron chi connectivity index (χ4n) is 4.34. The lowest BCUT2D eigenvalue weighted by Crippen LogP contribution is -2.28. The molecule has 6 nitrogen and oxygen atoms in total. The van der Waals surface area contributed by atoms with E-state index in [1.54, 1.807) is 13.2 Å². The maximum absolute atomic E-state index is 12.7. The van der Waals surface area contributed by atoms with Gasteiger partial charge < -0.3 is 9.47 Å². The Morgan fingerprint density at radius 2 is 1.89 bits per heavy atom. The second kappa shape index (κ2) is 7.35. The first-order valence-corrected chi connectivity index (χ1v) is 10.4. The third kappa shape index (κ3) is 3.05. The Morgan fingerprint density at radius 1 is 1.25 bits per heavy atom. The maximum Gasteiger partial charge on any atom is 0.254 e. The molecule has 2 bridgehead atoms. The summed E-state index contributed by atoms with van der Waals surface area (Å²) in [7, 11) is 1.57. The van der Waals surface area contributed by atoms with Gasteiger partial charge in [-0.15, -0.1) is 0 Å². The summed E-state index contributed by atoms with van der Waals surface area (Å²) in [5.74, 6) is 0.681. The van der Waals surface area contributed by atoms with Gasteiger partial charge >= 0.3 is 0 Å². The number of hydrogen-bond acceptors (Lipinski definition) is 5. The maximum atomic E-state index is 12.7. The van der Waals surface area contributed by atoms with Crippen molar-refractivity contribution in [2.45, 2.75) is 32.8 Å². The molecule has 2 aliphatic carbocycles. The molecule has 0 spiro atoms. The van der Waals surface area contributed by atoms with Crippen LogP contribution in [-0.4, -0.2) is 36.3 Å². The fourth-order valence-corrected chi connectivity index (χ4v) is 4.89. The molecule has 0 N–H and O–H groups in total. The molecule has 2 amide bonds. The van der Waals surface area contributed by atoms with E-state index in [0.717, 1.165) is 22.3 Å². The van der Waals surface area contributed by atoms with Crippen molar-refractivity contribution in [2.75, 3.05) is 7.11 Å². The summed E-state index contributed by atoms with van der Waals surface area (Å²) < 4.78 is 12.1. The first-order valence-electron chi connectivity index (χ1n) is 9.58. The molecule has 0 radical (unpaired) electrons. The number of rotatable bonds is 6. The van der Waals surface area contributed by atoms with Gasteiger partial charge in [-0.05, 0) is 65.2 Å². The van der Waals surface area contributed by atoms with Gasteiger partial charge in [0.25, 0.3) is 11.8 Å². The predicted octanol–water partition coefficient (Wildman–Crippen LogP) is 3.78. The highest BCUT2D eigenvalue weighted by Crippen LogP contribution is 2.52. The molecule has 1 aromatic carbocycles. The van der Waals surface area contributed by atoms with Crippen molar-refractivity contribution in [2.24, 2.45) is 28.8 Å². The average molecular weight is 447 g/mol. The number of fused-ring (bicyclic) bond motifs is 5. The van der Waals surface area contributed by atoms with Crippen LogP contribution in [0.3, 0.4) is 0 Å². The summed E-state index contributed by atoms with van der Waals surface area (Å²) in [5.41, 5.74) is 0.707. The van der Waals surface area contributed by atoms with Crippen molar-refractivity contribution in [1.29, 1.82) is 0 Å². The Hall–Kier alpha value is -2.15. The molecule has 1 saturated heterocycles. The smallest absolute Gasteiger partial charge is 0.254 e.